The van der Waals surface area contributed by atoms with Crippen LogP contribution in [0.5, 0.6) is 0 Å². The molecule has 1 N–H and O–H groups in total. The van der Waals surface area contributed by atoms with Crippen molar-refractivity contribution in [2.75, 3.05) is 6.61 Å². The molecule has 0 atom stereocenters. The Morgan fingerprint density at radius 3 is 2.08 bits per heavy atom. The van der Waals surface area contributed by atoms with E-state index in [1.807, 2.05) is 0 Å². The van der Waals surface area contributed by atoms with Crippen molar-refractivity contribution >= 4 is 11.9 Å². The molecule has 24 heavy (non-hydrogen) atoms. The predicted octanol–water partition coefficient (Wildman–Crippen LogP) is 5.32. The zero-order chi connectivity index (χ0) is 18.0. The second kappa shape index (κ2) is 10.1. The van der Waals surface area contributed by atoms with Gasteiger partial charge in [0.05, 0.1) is 17.7 Å². The van der Waals surface area contributed by atoms with Crippen LogP contribution in [0.1, 0.15) is 86.4 Å². The van der Waals surface area contributed by atoms with Crippen molar-refractivity contribution in [2.24, 2.45) is 5.41 Å². The molecule has 4 heteroatoms. The van der Waals surface area contributed by atoms with E-state index in [-0.39, 0.29) is 11.1 Å². The van der Waals surface area contributed by atoms with Gasteiger partial charge in [0, 0.05) is 0 Å². The van der Waals surface area contributed by atoms with Crippen LogP contribution in [0.2, 0.25) is 0 Å². The maximum atomic E-state index is 12.0. The normalized spacial score (nSPS) is 11.3. The fourth-order valence-corrected chi connectivity index (χ4v) is 3.15. The van der Waals surface area contributed by atoms with Crippen molar-refractivity contribution in [3.63, 3.8) is 0 Å². The molecule has 0 aliphatic carbocycles. The van der Waals surface area contributed by atoms with Crippen LogP contribution in [0.15, 0.2) is 24.3 Å². The lowest BCUT2D eigenvalue weighted by Crippen LogP contribution is -2.17. The van der Waals surface area contributed by atoms with Crippen LogP contribution < -0.4 is 0 Å². The first-order valence-electron chi connectivity index (χ1n) is 8.99. The molecule has 0 saturated carbocycles. The number of carbonyl (C=O) groups is 2. The summed E-state index contributed by atoms with van der Waals surface area (Å²) in [6.45, 7) is 7.11. The predicted molar refractivity (Wildman–Crippen MR) is 95.5 cm³/mol. The Morgan fingerprint density at radius 1 is 0.958 bits per heavy atom. The fraction of sp³-hybridized carbons (Fsp3) is 0.600. The second-order valence-electron chi connectivity index (χ2n) is 6.36. The zero-order valence-electron chi connectivity index (χ0n) is 15.1. The molecular formula is C20H30O4. The summed E-state index contributed by atoms with van der Waals surface area (Å²) >= 11 is 0. The van der Waals surface area contributed by atoms with Gasteiger partial charge in [-0.05, 0) is 30.4 Å². The highest BCUT2D eigenvalue weighted by atomic mass is 16.5. The molecule has 1 aromatic rings. The molecule has 0 bridgehead atoms. The number of hydrogen-bond donors (Lipinski definition) is 1. The molecule has 0 spiro atoms. The van der Waals surface area contributed by atoms with E-state index < -0.39 is 11.9 Å². The van der Waals surface area contributed by atoms with Gasteiger partial charge in [-0.3, -0.25) is 0 Å². The Morgan fingerprint density at radius 2 is 1.54 bits per heavy atom. The maximum absolute atomic E-state index is 12.0. The van der Waals surface area contributed by atoms with Gasteiger partial charge >= 0.3 is 11.9 Å². The first-order chi connectivity index (χ1) is 11.5. The Balaban J connectivity index is 2.36. The Hall–Kier alpha value is -1.84. The van der Waals surface area contributed by atoms with E-state index in [1.54, 1.807) is 12.1 Å². The average Bonchev–Trinajstić information content (AvgIpc) is 2.61. The average molecular weight is 334 g/mol. The number of carbonyl (C=O) groups excluding carboxylic acids is 1. The number of hydrogen-bond acceptors (Lipinski definition) is 3. The summed E-state index contributed by atoms with van der Waals surface area (Å²) < 4.78 is 5.23. The number of rotatable bonds is 11. The number of ether oxygens (including phenoxy) is 1. The summed E-state index contributed by atoms with van der Waals surface area (Å²) in [6, 6.07) is 6.15. The van der Waals surface area contributed by atoms with Crippen molar-refractivity contribution in [1.82, 2.24) is 0 Å². The first-order valence-corrected chi connectivity index (χ1v) is 8.99. The Kier molecular flexibility index (Phi) is 8.51. The smallest absolute Gasteiger partial charge is 0.339 e. The van der Waals surface area contributed by atoms with Gasteiger partial charge < -0.3 is 9.84 Å². The Bertz CT molecular complexity index is 524. The SMILES string of the molecule is CCC(CC)(CC)CCCCCOC(=O)c1ccccc1C(=O)O. The summed E-state index contributed by atoms with van der Waals surface area (Å²) in [5.41, 5.74) is 0.560. The third kappa shape index (κ3) is 5.66. The fourth-order valence-electron chi connectivity index (χ4n) is 3.15. The van der Waals surface area contributed by atoms with Gasteiger partial charge in [-0.15, -0.1) is 0 Å². The topological polar surface area (TPSA) is 63.6 Å². The molecule has 1 aromatic carbocycles. The molecule has 0 aliphatic heterocycles. The molecule has 1 rings (SSSR count). The van der Waals surface area contributed by atoms with E-state index in [2.05, 4.69) is 20.8 Å². The van der Waals surface area contributed by atoms with E-state index in [0.29, 0.717) is 12.0 Å². The largest absolute Gasteiger partial charge is 0.478 e. The molecule has 0 aromatic heterocycles. The van der Waals surface area contributed by atoms with Crippen LogP contribution in [0.4, 0.5) is 0 Å². The van der Waals surface area contributed by atoms with E-state index in [9.17, 15) is 9.59 Å². The highest BCUT2D eigenvalue weighted by molar-refractivity contribution is 6.02. The molecule has 0 fully saturated rings. The molecule has 0 amide bonds. The molecule has 0 saturated heterocycles. The maximum Gasteiger partial charge on any atom is 0.339 e. The molecular weight excluding hydrogens is 304 g/mol. The van der Waals surface area contributed by atoms with Crippen molar-refractivity contribution in [1.29, 1.82) is 0 Å². The summed E-state index contributed by atoms with van der Waals surface area (Å²) in [5.74, 6) is -1.67. The third-order valence-electron chi connectivity index (χ3n) is 5.21. The van der Waals surface area contributed by atoms with E-state index in [4.69, 9.17) is 9.84 Å². The van der Waals surface area contributed by atoms with Crippen molar-refractivity contribution in [3.8, 4) is 0 Å². The van der Waals surface area contributed by atoms with Crippen LogP contribution in [-0.2, 0) is 4.74 Å². The van der Waals surface area contributed by atoms with Crippen LogP contribution in [0.25, 0.3) is 0 Å². The van der Waals surface area contributed by atoms with Crippen LogP contribution in [0.3, 0.4) is 0 Å². The zero-order valence-corrected chi connectivity index (χ0v) is 15.1. The van der Waals surface area contributed by atoms with E-state index >= 15 is 0 Å². The molecule has 134 valence electrons. The molecule has 0 unspecified atom stereocenters. The lowest BCUT2D eigenvalue weighted by Gasteiger charge is -2.30. The minimum absolute atomic E-state index is 0.0129. The quantitative estimate of drug-likeness (QED) is 0.439. The highest BCUT2D eigenvalue weighted by Crippen LogP contribution is 2.36. The van der Waals surface area contributed by atoms with Gasteiger partial charge in [0.15, 0.2) is 0 Å². The number of carboxylic acids is 1. The number of unbranched alkanes of at least 4 members (excludes halogenated alkanes) is 2. The van der Waals surface area contributed by atoms with Gasteiger partial charge in [-0.25, -0.2) is 9.59 Å². The molecule has 0 heterocycles. The van der Waals surface area contributed by atoms with E-state index in [0.717, 1.165) is 19.3 Å². The number of esters is 1. The Labute approximate surface area is 145 Å². The monoisotopic (exact) mass is 334 g/mol. The van der Waals surface area contributed by atoms with Gasteiger partial charge in [-0.1, -0.05) is 65.0 Å². The lowest BCUT2D eigenvalue weighted by atomic mass is 9.76. The standard InChI is InChI=1S/C20H30O4/c1-4-20(5-2,6-3)14-10-7-11-15-24-19(23)17-13-9-8-12-16(17)18(21)22/h8-9,12-13H,4-7,10-11,14-15H2,1-3H3,(H,21,22). The van der Waals surface area contributed by atoms with Crippen molar-refractivity contribution in [3.05, 3.63) is 35.4 Å². The summed E-state index contributed by atoms with van der Waals surface area (Å²) in [7, 11) is 0. The van der Waals surface area contributed by atoms with Gasteiger partial charge in [0.1, 0.15) is 0 Å². The molecule has 0 radical (unpaired) electrons. The van der Waals surface area contributed by atoms with Crippen LogP contribution in [-0.4, -0.2) is 23.7 Å². The third-order valence-corrected chi connectivity index (χ3v) is 5.21. The van der Waals surface area contributed by atoms with Gasteiger partial charge in [0.25, 0.3) is 0 Å². The van der Waals surface area contributed by atoms with Crippen molar-refractivity contribution in [2.45, 2.75) is 65.7 Å². The summed E-state index contributed by atoms with van der Waals surface area (Å²) in [5, 5.41) is 9.09. The number of benzene rings is 1. The van der Waals surface area contributed by atoms with Crippen LogP contribution >= 0.6 is 0 Å². The minimum Gasteiger partial charge on any atom is -0.478 e. The number of carboxylic acid groups (broad SMARTS) is 1. The van der Waals surface area contributed by atoms with E-state index in [1.165, 1.54) is 37.8 Å². The van der Waals surface area contributed by atoms with Crippen molar-refractivity contribution < 1.29 is 19.4 Å². The van der Waals surface area contributed by atoms with Gasteiger partial charge in [0.2, 0.25) is 0 Å². The second-order valence-corrected chi connectivity index (χ2v) is 6.36. The highest BCUT2D eigenvalue weighted by Gasteiger charge is 2.22. The lowest BCUT2D eigenvalue weighted by molar-refractivity contribution is 0.0486. The molecule has 0 aliphatic rings. The molecule has 4 nitrogen and oxygen atoms in total. The summed E-state index contributed by atoms with van der Waals surface area (Å²) in [4.78, 5) is 23.1. The van der Waals surface area contributed by atoms with Gasteiger partial charge in [-0.2, -0.15) is 0 Å². The number of aromatic carboxylic acids is 1. The van der Waals surface area contributed by atoms with Crippen LogP contribution in [0, 0.1) is 5.41 Å². The minimum atomic E-state index is -1.11. The summed E-state index contributed by atoms with van der Waals surface area (Å²) in [6.07, 6.45) is 7.82. The first kappa shape index (κ1) is 20.2.